The van der Waals surface area contributed by atoms with Crippen molar-refractivity contribution in [2.75, 3.05) is 7.11 Å². The monoisotopic (exact) mass is 309 g/mol. The summed E-state index contributed by atoms with van der Waals surface area (Å²) in [6.45, 7) is 4.83. The van der Waals surface area contributed by atoms with E-state index in [1.165, 1.54) is 0 Å². The predicted molar refractivity (Wildman–Crippen MR) is 82.8 cm³/mol. The highest BCUT2D eigenvalue weighted by atomic mass is 35.5. The van der Waals surface area contributed by atoms with Crippen LogP contribution in [0, 0.1) is 0 Å². The van der Waals surface area contributed by atoms with Gasteiger partial charge in [-0.2, -0.15) is 5.10 Å². The summed E-state index contributed by atoms with van der Waals surface area (Å²) < 4.78 is 13.0. The molecule has 5 nitrogen and oxygen atoms in total. The number of nitrogens with two attached hydrogens (primary N) is 1. The maximum atomic E-state index is 6.03. The number of methoxy groups -OCH3 is 1. The molecule has 1 heterocycles. The van der Waals surface area contributed by atoms with Gasteiger partial charge in [-0.15, -0.1) is 0 Å². The van der Waals surface area contributed by atoms with Crippen LogP contribution in [0.2, 0.25) is 5.02 Å². The van der Waals surface area contributed by atoms with Gasteiger partial charge in [0, 0.05) is 35.4 Å². The zero-order valence-corrected chi connectivity index (χ0v) is 13.2. The Kier molecular flexibility index (Phi) is 5.09. The molecule has 0 spiro atoms. The third-order valence-electron chi connectivity index (χ3n) is 3.09. The lowest BCUT2D eigenvalue weighted by atomic mass is 10.2. The number of ether oxygens (including phenoxy) is 2. The fourth-order valence-electron chi connectivity index (χ4n) is 1.98. The first kappa shape index (κ1) is 15.7. The van der Waals surface area contributed by atoms with Crippen molar-refractivity contribution in [2.24, 2.45) is 5.73 Å². The topological polar surface area (TPSA) is 62.3 Å². The molecule has 0 atom stereocenters. The fourth-order valence-corrected chi connectivity index (χ4v) is 2.21. The van der Waals surface area contributed by atoms with E-state index >= 15 is 0 Å². The van der Waals surface area contributed by atoms with E-state index in [-0.39, 0.29) is 0 Å². The number of halogens is 1. The van der Waals surface area contributed by atoms with Gasteiger partial charge >= 0.3 is 0 Å². The molecule has 0 saturated carbocycles. The van der Waals surface area contributed by atoms with Crippen LogP contribution in [0.15, 0.2) is 24.4 Å². The first-order valence-electron chi connectivity index (χ1n) is 6.78. The van der Waals surface area contributed by atoms with Crippen molar-refractivity contribution in [2.45, 2.75) is 33.0 Å². The van der Waals surface area contributed by atoms with Gasteiger partial charge < -0.3 is 15.2 Å². The first-order chi connectivity index (χ1) is 10.0. The Morgan fingerprint density at radius 3 is 2.71 bits per heavy atom. The van der Waals surface area contributed by atoms with E-state index in [1.807, 2.05) is 16.9 Å². The summed E-state index contributed by atoms with van der Waals surface area (Å²) in [5, 5.41) is 5.02. The molecule has 0 aliphatic carbocycles. The molecule has 1 aromatic carbocycles. The predicted octanol–water partition coefficient (Wildman–Crippen LogP) is 3.16. The maximum absolute atomic E-state index is 6.03. The quantitative estimate of drug-likeness (QED) is 0.890. The van der Waals surface area contributed by atoms with E-state index in [9.17, 15) is 0 Å². The van der Waals surface area contributed by atoms with Crippen molar-refractivity contribution in [3.63, 3.8) is 0 Å². The average Bonchev–Trinajstić information content (AvgIpc) is 2.94. The van der Waals surface area contributed by atoms with E-state index in [0.717, 1.165) is 11.3 Å². The highest BCUT2D eigenvalue weighted by molar-refractivity contribution is 6.30. The van der Waals surface area contributed by atoms with Gasteiger partial charge in [-0.1, -0.05) is 11.6 Å². The van der Waals surface area contributed by atoms with Gasteiger partial charge in [0.05, 0.1) is 12.8 Å². The Labute approximate surface area is 129 Å². The van der Waals surface area contributed by atoms with Crippen LogP contribution in [0.1, 0.15) is 31.1 Å². The molecule has 0 bridgehead atoms. The molecule has 21 heavy (non-hydrogen) atoms. The van der Waals surface area contributed by atoms with Crippen LogP contribution in [0.25, 0.3) is 0 Å². The van der Waals surface area contributed by atoms with Crippen molar-refractivity contribution in [3.8, 4) is 11.5 Å². The Bertz CT molecular complexity index is 586. The van der Waals surface area contributed by atoms with Gasteiger partial charge in [-0.25, -0.2) is 0 Å². The van der Waals surface area contributed by atoms with Gasteiger partial charge in [-0.05, 0) is 26.0 Å². The number of nitrogens with zero attached hydrogens (tertiary/aromatic N) is 2. The highest BCUT2D eigenvalue weighted by Gasteiger charge is 2.13. The van der Waals surface area contributed by atoms with Gasteiger partial charge in [-0.3, -0.25) is 4.68 Å². The van der Waals surface area contributed by atoms with Crippen molar-refractivity contribution >= 4 is 11.6 Å². The standard InChI is InChI=1S/C15H20ClN3O2/c1-10(2)19-5-4-13(18-19)9-21-15-11(8-17)6-12(16)7-14(15)20-3/h4-7,10H,8-9,17H2,1-3H3. The average molecular weight is 310 g/mol. The fraction of sp³-hybridized carbons (Fsp3) is 0.400. The molecular formula is C15H20ClN3O2. The molecule has 2 N–H and O–H groups in total. The molecule has 0 aliphatic heterocycles. The molecule has 1 aromatic heterocycles. The summed E-state index contributed by atoms with van der Waals surface area (Å²) >= 11 is 6.03. The largest absolute Gasteiger partial charge is 0.493 e. The number of benzene rings is 1. The smallest absolute Gasteiger partial charge is 0.166 e. The highest BCUT2D eigenvalue weighted by Crippen LogP contribution is 2.35. The number of hydrogen-bond donors (Lipinski definition) is 1. The second kappa shape index (κ2) is 6.83. The summed E-state index contributed by atoms with van der Waals surface area (Å²) in [7, 11) is 1.58. The SMILES string of the molecule is COc1cc(Cl)cc(CN)c1OCc1ccn(C(C)C)n1. The number of rotatable bonds is 6. The summed E-state index contributed by atoms with van der Waals surface area (Å²) in [6.07, 6.45) is 1.94. The minimum Gasteiger partial charge on any atom is -0.493 e. The van der Waals surface area contributed by atoms with E-state index in [1.54, 1.807) is 19.2 Å². The first-order valence-corrected chi connectivity index (χ1v) is 7.16. The van der Waals surface area contributed by atoms with Crippen molar-refractivity contribution in [1.82, 2.24) is 9.78 Å². The van der Waals surface area contributed by atoms with Crippen LogP contribution in [-0.2, 0) is 13.2 Å². The Morgan fingerprint density at radius 2 is 2.14 bits per heavy atom. The van der Waals surface area contributed by atoms with Crippen molar-refractivity contribution in [3.05, 3.63) is 40.7 Å². The van der Waals surface area contributed by atoms with Crippen molar-refractivity contribution in [1.29, 1.82) is 0 Å². The van der Waals surface area contributed by atoms with E-state index in [4.69, 9.17) is 26.8 Å². The lowest BCUT2D eigenvalue weighted by Gasteiger charge is -2.14. The van der Waals surface area contributed by atoms with Gasteiger partial charge in [0.25, 0.3) is 0 Å². The molecule has 2 rings (SSSR count). The molecule has 2 aromatic rings. The van der Waals surface area contributed by atoms with E-state index < -0.39 is 0 Å². The summed E-state index contributed by atoms with van der Waals surface area (Å²) in [4.78, 5) is 0. The second-order valence-electron chi connectivity index (χ2n) is 4.97. The van der Waals surface area contributed by atoms with Crippen molar-refractivity contribution < 1.29 is 9.47 Å². The van der Waals surface area contributed by atoms with Crippen LogP contribution >= 0.6 is 11.6 Å². The third-order valence-corrected chi connectivity index (χ3v) is 3.31. The maximum Gasteiger partial charge on any atom is 0.166 e. The van der Waals surface area contributed by atoms with Gasteiger partial charge in [0.1, 0.15) is 6.61 Å². The Morgan fingerprint density at radius 1 is 1.38 bits per heavy atom. The minimum absolute atomic E-state index is 0.323. The second-order valence-corrected chi connectivity index (χ2v) is 5.41. The normalized spacial score (nSPS) is 11.0. The Balaban J connectivity index is 2.18. The minimum atomic E-state index is 0.323. The zero-order valence-electron chi connectivity index (χ0n) is 12.5. The molecule has 114 valence electrons. The number of aromatic nitrogens is 2. The lowest BCUT2D eigenvalue weighted by molar-refractivity contribution is 0.276. The van der Waals surface area contributed by atoms with Crippen LogP contribution < -0.4 is 15.2 Å². The summed E-state index contributed by atoms with van der Waals surface area (Å²) in [6, 6.07) is 5.75. The van der Waals surface area contributed by atoms with Gasteiger partial charge in [0.15, 0.2) is 11.5 Å². The molecule has 0 saturated heterocycles. The van der Waals surface area contributed by atoms with E-state index in [0.29, 0.717) is 35.7 Å². The van der Waals surface area contributed by atoms with Crippen LogP contribution in [0.4, 0.5) is 0 Å². The Hall–Kier alpha value is -1.72. The molecule has 6 heteroatoms. The molecular weight excluding hydrogens is 290 g/mol. The third kappa shape index (κ3) is 3.68. The summed E-state index contributed by atoms with van der Waals surface area (Å²) in [5.41, 5.74) is 7.40. The van der Waals surface area contributed by atoms with E-state index in [2.05, 4.69) is 18.9 Å². The molecule has 0 fully saturated rings. The summed E-state index contributed by atoms with van der Waals surface area (Å²) in [5.74, 6) is 1.19. The van der Waals surface area contributed by atoms with Crippen LogP contribution in [-0.4, -0.2) is 16.9 Å². The number of hydrogen-bond acceptors (Lipinski definition) is 4. The van der Waals surface area contributed by atoms with Crippen LogP contribution in [0.3, 0.4) is 0 Å². The molecule has 0 unspecified atom stereocenters. The van der Waals surface area contributed by atoms with Crippen LogP contribution in [0.5, 0.6) is 11.5 Å². The molecule has 0 aliphatic rings. The molecule has 0 radical (unpaired) electrons. The lowest BCUT2D eigenvalue weighted by Crippen LogP contribution is -2.06. The van der Waals surface area contributed by atoms with Gasteiger partial charge in [0.2, 0.25) is 0 Å². The zero-order chi connectivity index (χ0) is 15.4. The molecule has 0 amide bonds.